The van der Waals surface area contributed by atoms with Crippen LogP contribution >= 0.6 is 23.2 Å². The summed E-state index contributed by atoms with van der Waals surface area (Å²) in [6.07, 6.45) is -3.09. The average Bonchev–Trinajstić information content (AvgIpc) is 2.28. The van der Waals surface area contributed by atoms with E-state index >= 15 is 0 Å². The van der Waals surface area contributed by atoms with Gasteiger partial charge in [-0.25, -0.2) is 9.97 Å². The van der Waals surface area contributed by atoms with Crippen molar-refractivity contribution in [2.75, 3.05) is 0 Å². The molecule has 0 atom stereocenters. The molecule has 0 unspecified atom stereocenters. The Balaban J connectivity index is 2.57. The van der Waals surface area contributed by atoms with Crippen molar-refractivity contribution < 1.29 is 13.2 Å². The highest BCUT2D eigenvalue weighted by atomic mass is 35.5. The Hall–Kier alpha value is -1.33. The first-order valence-electron chi connectivity index (χ1n) is 4.73. The molecule has 94 valence electrons. The molecule has 0 fully saturated rings. The fourth-order valence-corrected chi connectivity index (χ4v) is 1.74. The molecule has 2 nitrogen and oxygen atoms in total. The molecule has 0 radical (unpaired) electrons. The maximum Gasteiger partial charge on any atom is 0.416 e. The second-order valence-corrected chi connectivity index (χ2v) is 4.15. The summed E-state index contributed by atoms with van der Waals surface area (Å²) in [7, 11) is 0. The van der Waals surface area contributed by atoms with E-state index in [9.17, 15) is 13.2 Å². The van der Waals surface area contributed by atoms with Gasteiger partial charge in [0.25, 0.3) is 0 Å². The number of hydrogen-bond donors (Lipinski definition) is 0. The van der Waals surface area contributed by atoms with Crippen molar-refractivity contribution in [1.29, 1.82) is 0 Å². The van der Waals surface area contributed by atoms with Gasteiger partial charge in [0.05, 0.1) is 11.3 Å². The Morgan fingerprint density at radius 3 is 2.39 bits per heavy atom. The van der Waals surface area contributed by atoms with Gasteiger partial charge in [-0.3, -0.25) is 0 Å². The highest BCUT2D eigenvalue weighted by molar-refractivity contribution is 6.33. The van der Waals surface area contributed by atoms with Gasteiger partial charge in [0.15, 0.2) is 0 Å². The van der Waals surface area contributed by atoms with Gasteiger partial charge in [0.1, 0.15) is 0 Å². The second-order valence-electron chi connectivity index (χ2n) is 3.40. The molecule has 2 aromatic rings. The predicted octanol–water partition coefficient (Wildman–Crippen LogP) is 4.47. The minimum absolute atomic E-state index is 0.0546. The summed E-state index contributed by atoms with van der Waals surface area (Å²) >= 11 is 11.5. The van der Waals surface area contributed by atoms with Crippen LogP contribution in [-0.4, -0.2) is 9.97 Å². The fraction of sp³-hybridized carbons (Fsp3) is 0.0909. The van der Waals surface area contributed by atoms with E-state index in [0.717, 1.165) is 12.1 Å². The molecule has 2 rings (SSSR count). The predicted molar refractivity (Wildman–Crippen MR) is 62.5 cm³/mol. The van der Waals surface area contributed by atoms with Crippen molar-refractivity contribution >= 4 is 23.2 Å². The molecule has 0 amide bonds. The van der Waals surface area contributed by atoms with Crippen LogP contribution < -0.4 is 0 Å². The van der Waals surface area contributed by atoms with Crippen LogP contribution in [0.3, 0.4) is 0 Å². The zero-order valence-electron chi connectivity index (χ0n) is 8.67. The van der Waals surface area contributed by atoms with E-state index < -0.39 is 11.7 Å². The van der Waals surface area contributed by atoms with E-state index in [2.05, 4.69) is 9.97 Å². The lowest BCUT2D eigenvalue weighted by Gasteiger charge is -2.10. The molecule has 7 heteroatoms. The lowest BCUT2D eigenvalue weighted by atomic mass is 10.1. The van der Waals surface area contributed by atoms with E-state index in [1.54, 1.807) is 0 Å². The first-order chi connectivity index (χ1) is 8.38. The molecule has 0 saturated heterocycles. The number of aromatic nitrogens is 2. The fourth-order valence-electron chi connectivity index (χ4n) is 1.38. The highest BCUT2D eigenvalue weighted by Crippen LogP contribution is 2.35. The number of benzene rings is 1. The third kappa shape index (κ3) is 2.73. The van der Waals surface area contributed by atoms with Crippen LogP contribution in [-0.2, 0) is 6.18 Å². The number of nitrogens with zero attached hydrogens (tertiary/aromatic N) is 2. The molecule has 0 bridgehead atoms. The summed E-state index contributed by atoms with van der Waals surface area (Å²) in [4.78, 5) is 7.49. The van der Waals surface area contributed by atoms with Crippen molar-refractivity contribution in [3.05, 3.63) is 46.3 Å². The minimum atomic E-state index is -4.43. The first kappa shape index (κ1) is 13.1. The maximum atomic E-state index is 12.6. The number of alkyl halides is 3. The molecule has 1 heterocycles. The molecule has 0 aliphatic carbocycles. The van der Waals surface area contributed by atoms with Gasteiger partial charge >= 0.3 is 6.18 Å². The standard InChI is InChI=1S/C11H5Cl2F3N2/c12-8-2-1-6(11(14,15)16)5-7(8)9-3-4-17-10(13)18-9/h1-5H. The Morgan fingerprint density at radius 1 is 1.06 bits per heavy atom. The molecule has 0 aliphatic heterocycles. The monoisotopic (exact) mass is 292 g/mol. The Kier molecular flexibility index (Phi) is 3.45. The van der Waals surface area contributed by atoms with Crippen molar-refractivity contribution in [2.45, 2.75) is 6.18 Å². The third-order valence-electron chi connectivity index (χ3n) is 2.20. The quantitative estimate of drug-likeness (QED) is 0.725. The van der Waals surface area contributed by atoms with Crippen LogP contribution in [0.25, 0.3) is 11.3 Å². The normalized spacial score (nSPS) is 11.6. The molecule has 0 spiro atoms. The molecule has 0 aliphatic rings. The Morgan fingerprint density at radius 2 is 1.78 bits per heavy atom. The summed E-state index contributed by atoms with van der Waals surface area (Å²) in [5.74, 6) is 0. The van der Waals surface area contributed by atoms with E-state index in [0.29, 0.717) is 0 Å². The van der Waals surface area contributed by atoms with Crippen LogP contribution in [0.4, 0.5) is 13.2 Å². The van der Waals surface area contributed by atoms with Crippen LogP contribution in [0.1, 0.15) is 5.56 Å². The molecule has 1 aromatic carbocycles. The summed E-state index contributed by atoms with van der Waals surface area (Å²) in [6.45, 7) is 0. The number of halogens is 5. The SMILES string of the molecule is FC(F)(F)c1ccc(Cl)c(-c2ccnc(Cl)n2)c1. The second kappa shape index (κ2) is 4.74. The largest absolute Gasteiger partial charge is 0.416 e. The smallest absolute Gasteiger partial charge is 0.226 e. The summed E-state index contributed by atoms with van der Waals surface area (Å²) in [5.41, 5.74) is -0.390. The zero-order chi connectivity index (χ0) is 13.3. The number of rotatable bonds is 1. The first-order valence-corrected chi connectivity index (χ1v) is 5.49. The molecule has 0 saturated carbocycles. The third-order valence-corrected chi connectivity index (χ3v) is 2.71. The lowest BCUT2D eigenvalue weighted by molar-refractivity contribution is -0.137. The minimum Gasteiger partial charge on any atom is -0.226 e. The lowest BCUT2D eigenvalue weighted by Crippen LogP contribution is -2.05. The zero-order valence-corrected chi connectivity index (χ0v) is 10.2. The van der Waals surface area contributed by atoms with E-state index in [1.165, 1.54) is 18.3 Å². The van der Waals surface area contributed by atoms with Gasteiger partial charge in [-0.05, 0) is 35.9 Å². The van der Waals surface area contributed by atoms with Crippen LogP contribution in [0.5, 0.6) is 0 Å². The van der Waals surface area contributed by atoms with Crippen LogP contribution in [0.2, 0.25) is 10.3 Å². The maximum absolute atomic E-state index is 12.6. The average molecular weight is 293 g/mol. The van der Waals surface area contributed by atoms with Crippen molar-refractivity contribution in [2.24, 2.45) is 0 Å². The molecular weight excluding hydrogens is 288 g/mol. The Labute approximate surface area is 110 Å². The molecule has 1 aromatic heterocycles. The number of hydrogen-bond acceptors (Lipinski definition) is 2. The molecule has 0 N–H and O–H groups in total. The van der Waals surface area contributed by atoms with Gasteiger partial charge in [0.2, 0.25) is 5.28 Å². The van der Waals surface area contributed by atoms with Crippen molar-refractivity contribution in [3.63, 3.8) is 0 Å². The van der Waals surface area contributed by atoms with E-state index in [1.807, 2.05) is 0 Å². The summed E-state index contributed by atoms with van der Waals surface area (Å²) in [6, 6.07) is 4.46. The van der Waals surface area contributed by atoms with Crippen molar-refractivity contribution in [1.82, 2.24) is 9.97 Å². The summed E-state index contributed by atoms with van der Waals surface area (Å²) in [5, 5.41) is 0.110. The van der Waals surface area contributed by atoms with E-state index in [4.69, 9.17) is 23.2 Å². The van der Waals surface area contributed by atoms with Gasteiger partial charge < -0.3 is 0 Å². The summed E-state index contributed by atoms with van der Waals surface area (Å²) < 4.78 is 37.8. The van der Waals surface area contributed by atoms with Gasteiger partial charge in [0, 0.05) is 16.8 Å². The van der Waals surface area contributed by atoms with Gasteiger partial charge in [-0.2, -0.15) is 13.2 Å². The van der Waals surface area contributed by atoms with Crippen LogP contribution in [0.15, 0.2) is 30.5 Å². The van der Waals surface area contributed by atoms with Gasteiger partial charge in [-0.15, -0.1) is 0 Å². The van der Waals surface area contributed by atoms with Crippen molar-refractivity contribution in [3.8, 4) is 11.3 Å². The van der Waals surface area contributed by atoms with Crippen LogP contribution in [0, 0.1) is 0 Å². The Bertz CT molecular complexity index is 585. The topological polar surface area (TPSA) is 25.8 Å². The molecule has 18 heavy (non-hydrogen) atoms. The van der Waals surface area contributed by atoms with Gasteiger partial charge in [-0.1, -0.05) is 11.6 Å². The molecular formula is C11H5Cl2F3N2. The highest BCUT2D eigenvalue weighted by Gasteiger charge is 2.31. The van der Waals surface area contributed by atoms with E-state index in [-0.39, 0.29) is 21.6 Å².